The van der Waals surface area contributed by atoms with Crippen LogP contribution in [0.5, 0.6) is 0 Å². The monoisotopic (exact) mass is 368 g/mol. The van der Waals surface area contributed by atoms with Crippen LogP contribution in [0.3, 0.4) is 0 Å². The van der Waals surface area contributed by atoms with Gasteiger partial charge in [-0.25, -0.2) is 12.8 Å². The van der Waals surface area contributed by atoms with Crippen LogP contribution in [0.25, 0.3) is 10.9 Å². The predicted molar refractivity (Wildman–Crippen MR) is 89.3 cm³/mol. The molecule has 2 heterocycles. The van der Waals surface area contributed by atoms with Crippen molar-refractivity contribution in [3.05, 3.63) is 39.9 Å². The third-order valence-electron chi connectivity index (χ3n) is 4.21. The number of carbonyl (C=O) groups is 1. The Kier molecular flexibility index (Phi) is 4.33. The lowest BCUT2D eigenvalue weighted by Crippen LogP contribution is -2.51. The van der Waals surface area contributed by atoms with Crippen LogP contribution in [0.4, 0.5) is 4.39 Å². The summed E-state index contributed by atoms with van der Waals surface area (Å²) in [6.45, 7) is 0.649. The van der Waals surface area contributed by atoms with E-state index in [1.54, 1.807) is 7.05 Å². The first-order valence-electron chi connectivity index (χ1n) is 7.59. The highest BCUT2D eigenvalue weighted by Crippen LogP contribution is 2.13. The van der Waals surface area contributed by atoms with Gasteiger partial charge < -0.3 is 4.90 Å². The maximum atomic E-state index is 13.5. The van der Waals surface area contributed by atoms with Crippen molar-refractivity contribution in [3.63, 3.8) is 0 Å². The van der Waals surface area contributed by atoms with Gasteiger partial charge in [0.25, 0.3) is 5.91 Å². The molecule has 1 aromatic heterocycles. The number of halogens is 1. The maximum Gasteiger partial charge on any atom is 0.278 e. The summed E-state index contributed by atoms with van der Waals surface area (Å²) in [5.41, 5.74) is -0.513. The summed E-state index contributed by atoms with van der Waals surface area (Å²) in [4.78, 5) is 26.6. The molecule has 0 bridgehead atoms. The minimum atomic E-state index is -3.32. The molecule has 0 radical (unpaired) electrons. The molecule has 134 valence electrons. The fourth-order valence-corrected chi connectivity index (χ4v) is 3.69. The van der Waals surface area contributed by atoms with E-state index in [1.807, 2.05) is 0 Å². The Hall–Kier alpha value is -2.33. The fourth-order valence-electron chi connectivity index (χ4n) is 2.86. The highest BCUT2D eigenvalue weighted by Gasteiger charge is 2.29. The number of piperazine rings is 1. The number of hydrogen-bond acceptors (Lipinski definition) is 5. The molecule has 1 fully saturated rings. The van der Waals surface area contributed by atoms with E-state index < -0.39 is 27.2 Å². The minimum absolute atomic E-state index is 0.0793. The minimum Gasteiger partial charge on any atom is -0.334 e. The molecule has 0 saturated carbocycles. The van der Waals surface area contributed by atoms with Crippen molar-refractivity contribution in [2.24, 2.45) is 7.05 Å². The van der Waals surface area contributed by atoms with Crippen LogP contribution in [0.15, 0.2) is 23.0 Å². The Bertz CT molecular complexity index is 1010. The number of sulfonamides is 1. The lowest BCUT2D eigenvalue weighted by Gasteiger charge is -2.32. The van der Waals surface area contributed by atoms with E-state index in [1.165, 1.54) is 26.0 Å². The summed E-state index contributed by atoms with van der Waals surface area (Å²) in [5.74, 6) is -1.16. The standard InChI is InChI=1S/C15H17FN4O4S/c1-18-12-4-3-10(16)9-11(12)14(21)13(17-18)15(22)19-5-7-20(8-6-19)25(2,23)24/h3-4,9H,5-8H2,1-2H3. The molecule has 1 aliphatic rings. The Morgan fingerprint density at radius 3 is 2.44 bits per heavy atom. The van der Waals surface area contributed by atoms with Crippen molar-refractivity contribution < 1.29 is 17.6 Å². The Labute approximate surface area is 143 Å². The van der Waals surface area contributed by atoms with E-state index in [4.69, 9.17) is 0 Å². The molecule has 10 heteroatoms. The van der Waals surface area contributed by atoms with E-state index >= 15 is 0 Å². The molecular formula is C15H17FN4O4S. The van der Waals surface area contributed by atoms with Crippen molar-refractivity contribution in [3.8, 4) is 0 Å². The van der Waals surface area contributed by atoms with Crippen molar-refractivity contribution in [2.45, 2.75) is 0 Å². The van der Waals surface area contributed by atoms with Crippen LogP contribution in [0, 0.1) is 5.82 Å². The van der Waals surface area contributed by atoms with Gasteiger partial charge in [-0.2, -0.15) is 9.40 Å². The van der Waals surface area contributed by atoms with Gasteiger partial charge in [-0.05, 0) is 18.2 Å². The third kappa shape index (κ3) is 3.27. The van der Waals surface area contributed by atoms with E-state index in [-0.39, 0.29) is 37.3 Å². The molecule has 1 amide bonds. The molecule has 25 heavy (non-hydrogen) atoms. The number of aromatic nitrogens is 2. The number of hydrogen-bond donors (Lipinski definition) is 0. The number of nitrogens with zero attached hydrogens (tertiary/aromatic N) is 4. The van der Waals surface area contributed by atoms with Crippen molar-refractivity contribution in [1.29, 1.82) is 0 Å². The molecule has 0 aliphatic carbocycles. The normalized spacial score (nSPS) is 16.4. The number of amides is 1. The largest absolute Gasteiger partial charge is 0.334 e. The number of fused-ring (bicyclic) bond motifs is 1. The molecular weight excluding hydrogens is 351 g/mol. The zero-order valence-electron chi connectivity index (χ0n) is 13.8. The fraction of sp³-hybridized carbons (Fsp3) is 0.400. The van der Waals surface area contributed by atoms with Gasteiger partial charge in [0.1, 0.15) is 5.82 Å². The summed E-state index contributed by atoms with van der Waals surface area (Å²) in [5, 5.41) is 4.11. The maximum absolute atomic E-state index is 13.5. The third-order valence-corrected chi connectivity index (χ3v) is 5.52. The van der Waals surface area contributed by atoms with E-state index in [0.29, 0.717) is 5.52 Å². The van der Waals surface area contributed by atoms with Crippen molar-refractivity contribution >= 4 is 26.8 Å². The molecule has 2 aromatic rings. The second-order valence-electron chi connectivity index (χ2n) is 5.92. The molecule has 0 unspecified atom stereocenters. The van der Waals surface area contributed by atoms with Gasteiger partial charge >= 0.3 is 0 Å². The van der Waals surface area contributed by atoms with Crippen LogP contribution in [-0.2, 0) is 17.1 Å². The second kappa shape index (κ2) is 6.19. The average molecular weight is 368 g/mol. The predicted octanol–water partition coefficient (Wildman–Crippen LogP) is -0.210. The quantitative estimate of drug-likeness (QED) is 0.731. The van der Waals surface area contributed by atoms with Crippen molar-refractivity contribution in [2.75, 3.05) is 32.4 Å². The Morgan fingerprint density at radius 1 is 1.20 bits per heavy atom. The molecule has 0 spiro atoms. The van der Waals surface area contributed by atoms with Gasteiger partial charge in [0.15, 0.2) is 5.69 Å². The second-order valence-corrected chi connectivity index (χ2v) is 7.90. The number of rotatable bonds is 2. The summed E-state index contributed by atoms with van der Waals surface area (Å²) < 4.78 is 39.2. The van der Waals surface area contributed by atoms with Gasteiger partial charge in [0.2, 0.25) is 15.5 Å². The van der Waals surface area contributed by atoms with E-state index in [2.05, 4.69) is 5.10 Å². The first-order valence-corrected chi connectivity index (χ1v) is 9.44. The van der Waals surface area contributed by atoms with Gasteiger partial charge in [0, 0.05) is 33.2 Å². The van der Waals surface area contributed by atoms with Gasteiger partial charge in [0.05, 0.1) is 17.2 Å². The van der Waals surface area contributed by atoms with Crippen LogP contribution in [0.2, 0.25) is 0 Å². The molecule has 1 saturated heterocycles. The summed E-state index contributed by atoms with van der Waals surface area (Å²) in [6.07, 6.45) is 1.11. The zero-order valence-corrected chi connectivity index (χ0v) is 14.6. The lowest BCUT2D eigenvalue weighted by atomic mass is 10.1. The Morgan fingerprint density at radius 2 is 1.84 bits per heavy atom. The van der Waals surface area contributed by atoms with E-state index in [9.17, 15) is 22.4 Å². The summed E-state index contributed by atoms with van der Waals surface area (Å²) >= 11 is 0. The molecule has 1 aliphatic heterocycles. The molecule has 0 N–H and O–H groups in total. The molecule has 0 atom stereocenters. The van der Waals surface area contributed by atoms with Crippen LogP contribution in [-0.4, -0.2) is 65.7 Å². The molecule has 8 nitrogen and oxygen atoms in total. The first kappa shape index (κ1) is 17.5. The number of benzene rings is 1. The number of carbonyl (C=O) groups excluding carboxylic acids is 1. The number of aryl methyl sites for hydroxylation is 1. The topological polar surface area (TPSA) is 92.6 Å². The Balaban J connectivity index is 1.94. The highest BCUT2D eigenvalue weighted by atomic mass is 32.2. The van der Waals surface area contributed by atoms with E-state index in [0.717, 1.165) is 12.3 Å². The molecule has 1 aromatic carbocycles. The van der Waals surface area contributed by atoms with Gasteiger partial charge in [-0.3, -0.25) is 14.3 Å². The van der Waals surface area contributed by atoms with Crippen LogP contribution < -0.4 is 5.43 Å². The summed E-state index contributed by atoms with van der Waals surface area (Å²) in [6, 6.07) is 3.73. The lowest BCUT2D eigenvalue weighted by molar-refractivity contribution is 0.0689. The highest BCUT2D eigenvalue weighted by molar-refractivity contribution is 7.88. The first-order chi connectivity index (χ1) is 11.7. The van der Waals surface area contributed by atoms with Gasteiger partial charge in [-0.15, -0.1) is 0 Å². The van der Waals surface area contributed by atoms with Gasteiger partial charge in [-0.1, -0.05) is 0 Å². The smallest absolute Gasteiger partial charge is 0.278 e. The zero-order chi connectivity index (χ0) is 18.4. The average Bonchev–Trinajstić information content (AvgIpc) is 2.56. The van der Waals surface area contributed by atoms with Crippen molar-refractivity contribution in [1.82, 2.24) is 19.0 Å². The van der Waals surface area contributed by atoms with Crippen LogP contribution >= 0.6 is 0 Å². The van der Waals surface area contributed by atoms with Crippen LogP contribution in [0.1, 0.15) is 10.5 Å². The summed E-state index contributed by atoms with van der Waals surface area (Å²) in [7, 11) is -1.75. The SMILES string of the molecule is Cn1nc(C(=O)N2CCN(S(C)(=O)=O)CC2)c(=O)c2cc(F)ccc21. The molecule has 3 rings (SSSR count).